The van der Waals surface area contributed by atoms with Gasteiger partial charge in [0, 0.05) is 24.0 Å². The number of rotatable bonds is 3. The Labute approximate surface area is 125 Å². The number of ketones is 1. The van der Waals surface area contributed by atoms with Gasteiger partial charge in [-0.15, -0.1) is 0 Å². The molecule has 0 radical (unpaired) electrons. The largest absolute Gasteiger partial charge is 0.345 e. The smallest absolute Gasteiger partial charge is 0.161 e. The highest BCUT2D eigenvalue weighted by Gasteiger charge is 2.10. The molecule has 0 saturated carbocycles. The van der Waals surface area contributed by atoms with E-state index in [0.29, 0.717) is 10.6 Å². The molecule has 0 aromatic heterocycles. The maximum absolute atomic E-state index is 11.4. The van der Waals surface area contributed by atoms with E-state index in [4.69, 9.17) is 11.6 Å². The molecule has 0 fully saturated rings. The van der Waals surface area contributed by atoms with Crippen LogP contribution in [0.4, 0.5) is 11.4 Å². The zero-order chi connectivity index (χ0) is 14.9. The lowest BCUT2D eigenvalue weighted by Crippen LogP contribution is -2.10. The third-order valence-corrected chi connectivity index (χ3v) is 3.63. The van der Waals surface area contributed by atoms with Crippen LogP contribution >= 0.6 is 11.6 Å². The van der Waals surface area contributed by atoms with E-state index in [-0.39, 0.29) is 5.78 Å². The van der Waals surface area contributed by atoms with Gasteiger partial charge in [-0.25, -0.2) is 0 Å². The van der Waals surface area contributed by atoms with Gasteiger partial charge in [-0.1, -0.05) is 17.7 Å². The number of halogens is 1. The lowest BCUT2D eigenvalue weighted by Gasteiger charge is -2.21. The van der Waals surface area contributed by atoms with Crippen molar-refractivity contribution < 1.29 is 4.79 Å². The van der Waals surface area contributed by atoms with Crippen LogP contribution in [0.15, 0.2) is 36.4 Å². The van der Waals surface area contributed by atoms with Crippen LogP contribution < -0.4 is 4.90 Å². The van der Waals surface area contributed by atoms with Crippen molar-refractivity contribution in [3.63, 3.8) is 0 Å². The monoisotopic (exact) mass is 287 g/mol. The van der Waals surface area contributed by atoms with Gasteiger partial charge in [-0.05, 0) is 62.2 Å². The van der Waals surface area contributed by atoms with Gasteiger partial charge in [0.2, 0.25) is 0 Å². The second kappa shape index (κ2) is 5.68. The van der Waals surface area contributed by atoms with Crippen LogP contribution in [0.5, 0.6) is 0 Å². The van der Waals surface area contributed by atoms with Crippen molar-refractivity contribution in [2.24, 2.45) is 0 Å². The van der Waals surface area contributed by atoms with Crippen molar-refractivity contribution in [1.82, 2.24) is 0 Å². The van der Waals surface area contributed by atoms with Gasteiger partial charge < -0.3 is 4.90 Å². The standard InChI is InChI=1S/C17H18ClNO/c1-11-7-12(2)9-15(8-11)19(4)14-5-6-16(13(3)20)17(18)10-14/h5-10H,1-4H3. The molecule has 0 atom stereocenters. The number of carbonyl (C=O) groups excluding carboxylic acids is 1. The van der Waals surface area contributed by atoms with E-state index in [1.165, 1.54) is 18.1 Å². The van der Waals surface area contributed by atoms with Gasteiger partial charge in [0.15, 0.2) is 5.78 Å². The first-order chi connectivity index (χ1) is 9.38. The zero-order valence-corrected chi connectivity index (χ0v) is 13.0. The Balaban J connectivity index is 2.40. The topological polar surface area (TPSA) is 20.3 Å². The van der Waals surface area contributed by atoms with E-state index in [9.17, 15) is 4.79 Å². The van der Waals surface area contributed by atoms with Gasteiger partial charge in [0.1, 0.15) is 0 Å². The molecule has 3 heteroatoms. The summed E-state index contributed by atoms with van der Waals surface area (Å²) in [6.07, 6.45) is 0. The van der Waals surface area contributed by atoms with Gasteiger partial charge >= 0.3 is 0 Å². The van der Waals surface area contributed by atoms with E-state index in [2.05, 4.69) is 36.9 Å². The molecule has 2 nitrogen and oxygen atoms in total. The number of hydrogen-bond acceptors (Lipinski definition) is 2. The van der Waals surface area contributed by atoms with E-state index in [1.807, 2.05) is 19.2 Å². The van der Waals surface area contributed by atoms with E-state index in [1.54, 1.807) is 6.07 Å². The summed E-state index contributed by atoms with van der Waals surface area (Å²) in [7, 11) is 1.99. The van der Waals surface area contributed by atoms with Crippen LogP contribution in [-0.2, 0) is 0 Å². The quantitative estimate of drug-likeness (QED) is 0.746. The van der Waals surface area contributed by atoms with Crippen LogP contribution in [-0.4, -0.2) is 12.8 Å². The Morgan fingerprint density at radius 3 is 2.10 bits per heavy atom. The molecule has 0 aliphatic heterocycles. The summed E-state index contributed by atoms with van der Waals surface area (Å²) in [4.78, 5) is 13.5. The minimum Gasteiger partial charge on any atom is -0.345 e. The lowest BCUT2D eigenvalue weighted by molar-refractivity contribution is 0.101. The van der Waals surface area contributed by atoms with E-state index >= 15 is 0 Å². The molecule has 2 rings (SSSR count). The molecule has 0 heterocycles. The maximum atomic E-state index is 11.4. The molecule has 0 spiro atoms. The highest BCUT2D eigenvalue weighted by atomic mass is 35.5. The fourth-order valence-electron chi connectivity index (χ4n) is 2.29. The Morgan fingerprint density at radius 2 is 1.60 bits per heavy atom. The Morgan fingerprint density at radius 1 is 1.00 bits per heavy atom. The number of Topliss-reactive ketones (excluding diaryl/α,β-unsaturated/α-hetero) is 1. The van der Waals surface area contributed by atoms with Crippen LogP contribution in [0.2, 0.25) is 5.02 Å². The number of aryl methyl sites for hydroxylation is 2. The lowest BCUT2D eigenvalue weighted by atomic mass is 10.1. The molecule has 0 N–H and O–H groups in total. The summed E-state index contributed by atoms with van der Waals surface area (Å²) in [5.74, 6) is -0.0180. The molecule has 0 amide bonds. The van der Waals surface area contributed by atoms with Crippen molar-refractivity contribution in [1.29, 1.82) is 0 Å². The van der Waals surface area contributed by atoms with Gasteiger partial charge in [-0.2, -0.15) is 0 Å². The van der Waals surface area contributed by atoms with Gasteiger partial charge in [0.05, 0.1) is 5.02 Å². The Hall–Kier alpha value is -1.80. The normalized spacial score (nSPS) is 10.4. The molecule has 2 aromatic rings. The number of carbonyl (C=O) groups is 1. The van der Waals surface area contributed by atoms with Gasteiger partial charge in [-0.3, -0.25) is 4.79 Å². The Kier molecular flexibility index (Phi) is 4.15. The molecular formula is C17H18ClNO. The first-order valence-corrected chi connectivity index (χ1v) is 6.89. The molecule has 0 aliphatic rings. The van der Waals surface area contributed by atoms with Crippen molar-refractivity contribution in [2.75, 3.05) is 11.9 Å². The first kappa shape index (κ1) is 14.6. The fourth-order valence-corrected chi connectivity index (χ4v) is 2.60. The third kappa shape index (κ3) is 3.02. The van der Waals surface area contributed by atoms with E-state index in [0.717, 1.165) is 11.4 Å². The van der Waals surface area contributed by atoms with Crippen LogP contribution in [0.25, 0.3) is 0 Å². The molecule has 2 aromatic carbocycles. The summed E-state index contributed by atoms with van der Waals surface area (Å²) < 4.78 is 0. The summed E-state index contributed by atoms with van der Waals surface area (Å²) in [6, 6.07) is 11.9. The summed E-state index contributed by atoms with van der Waals surface area (Å²) >= 11 is 6.17. The highest BCUT2D eigenvalue weighted by molar-refractivity contribution is 6.34. The molecule has 0 bridgehead atoms. The number of anilines is 2. The predicted molar refractivity (Wildman–Crippen MR) is 85.4 cm³/mol. The average Bonchev–Trinajstić information content (AvgIpc) is 2.36. The van der Waals surface area contributed by atoms with Crippen LogP contribution in [0.1, 0.15) is 28.4 Å². The number of nitrogens with zero attached hydrogens (tertiary/aromatic N) is 1. The SMILES string of the molecule is CC(=O)c1ccc(N(C)c2cc(C)cc(C)c2)cc1Cl. The zero-order valence-electron chi connectivity index (χ0n) is 12.2. The summed E-state index contributed by atoms with van der Waals surface area (Å²) in [5, 5.41) is 0.492. The average molecular weight is 288 g/mol. The number of hydrogen-bond donors (Lipinski definition) is 0. The van der Waals surface area contributed by atoms with Crippen molar-refractivity contribution in [2.45, 2.75) is 20.8 Å². The fraction of sp³-hybridized carbons (Fsp3) is 0.235. The van der Waals surface area contributed by atoms with Gasteiger partial charge in [0.25, 0.3) is 0 Å². The summed E-state index contributed by atoms with van der Waals surface area (Å²) in [6.45, 7) is 5.68. The second-order valence-corrected chi connectivity index (χ2v) is 5.53. The second-order valence-electron chi connectivity index (χ2n) is 5.13. The molecule has 0 aliphatic carbocycles. The maximum Gasteiger partial charge on any atom is 0.161 e. The Bertz CT molecular complexity index is 644. The number of benzene rings is 2. The molecule has 0 unspecified atom stereocenters. The highest BCUT2D eigenvalue weighted by Crippen LogP contribution is 2.29. The molecule has 0 saturated heterocycles. The molecule has 104 valence electrons. The first-order valence-electron chi connectivity index (χ1n) is 6.51. The third-order valence-electron chi connectivity index (χ3n) is 3.31. The van der Waals surface area contributed by atoms with E-state index < -0.39 is 0 Å². The molecular weight excluding hydrogens is 270 g/mol. The van der Waals surface area contributed by atoms with Crippen molar-refractivity contribution >= 4 is 28.8 Å². The van der Waals surface area contributed by atoms with Crippen LogP contribution in [0.3, 0.4) is 0 Å². The predicted octanol–water partition coefficient (Wildman–Crippen LogP) is 4.93. The minimum atomic E-state index is -0.0180. The summed E-state index contributed by atoms with van der Waals surface area (Å²) in [5.41, 5.74) is 5.07. The van der Waals surface area contributed by atoms with Crippen molar-refractivity contribution in [3.8, 4) is 0 Å². The minimum absolute atomic E-state index is 0.0180. The van der Waals surface area contributed by atoms with Crippen molar-refractivity contribution in [3.05, 3.63) is 58.1 Å². The van der Waals surface area contributed by atoms with Crippen LogP contribution in [0, 0.1) is 13.8 Å². The molecule has 20 heavy (non-hydrogen) atoms.